The molecule has 1 aliphatic rings. The molecule has 3 rings (SSSR count). The standard InChI is InChI=1S/C12H17N5/c1-3-12(6-7-13-8-12)11-15-14-10-5-4-9(2)16-17(10)11/h4-5,13H,3,6-8H2,1-2H3. The van der Waals surface area contributed by atoms with Crippen molar-refractivity contribution in [3.8, 4) is 0 Å². The van der Waals surface area contributed by atoms with E-state index in [-0.39, 0.29) is 5.41 Å². The van der Waals surface area contributed by atoms with Crippen molar-refractivity contribution in [2.45, 2.75) is 32.1 Å². The Morgan fingerprint density at radius 2 is 2.29 bits per heavy atom. The lowest BCUT2D eigenvalue weighted by atomic mass is 9.83. The Hall–Kier alpha value is -1.49. The average molecular weight is 231 g/mol. The van der Waals surface area contributed by atoms with Gasteiger partial charge in [0.15, 0.2) is 11.5 Å². The van der Waals surface area contributed by atoms with Gasteiger partial charge in [0.25, 0.3) is 0 Å². The number of hydrogen-bond donors (Lipinski definition) is 1. The fourth-order valence-electron chi connectivity index (χ4n) is 2.61. The molecule has 90 valence electrons. The van der Waals surface area contributed by atoms with Crippen LogP contribution in [0.25, 0.3) is 5.65 Å². The largest absolute Gasteiger partial charge is 0.316 e. The van der Waals surface area contributed by atoms with Crippen LogP contribution in [0.4, 0.5) is 0 Å². The molecule has 1 aliphatic heterocycles. The maximum Gasteiger partial charge on any atom is 0.177 e. The quantitative estimate of drug-likeness (QED) is 0.840. The molecule has 2 aromatic rings. The van der Waals surface area contributed by atoms with Crippen LogP contribution in [0, 0.1) is 6.92 Å². The molecular weight excluding hydrogens is 214 g/mol. The third-order valence-electron chi connectivity index (χ3n) is 3.79. The van der Waals surface area contributed by atoms with E-state index in [4.69, 9.17) is 0 Å². The minimum Gasteiger partial charge on any atom is -0.316 e. The lowest BCUT2D eigenvalue weighted by Crippen LogP contribution is -2.31. The summed E-state index contributed by atoms with van der Waals surface area (Å²) in [4.78, 5) is 0. The Morgan fingerprint density at radius 3 is 3.00 bits per heavy atom. The highest BCUT2D eigenvalue weighted by Gasteiger charge is 2.38. The van der Waals surface area contributed by atoms with E-state index in [1.807, 2.05) is 23.6 Å². The highest BCUT2D eigenvalue weighted by atomic mass is 15.4. The summed E-state index contributed by atoms with van der Waals surface area (Å²) in [7, 11) is 0. The molecule has 1 fully saturated rings. The van der Waals surface area contributed by atoms with E-state index in [1.54, 1.807) is 0 Å². The molecule has 0 aliphatic carbocycles. The van der Waals surface area contributed by atoms with Gasteiger partial charge in [-0.1, -0.05) is 6.92 Å². The van der Waals surface area contributed by atoms with Crippen molar-refractivity contribution in [2.75, 3.05) is 13.1 Å². The minimum atomic E-state index is 0.0974. The Labute approximate surface area is 100 Å². The number of hydrogen-bond acceptors (Lipinski definition) is 4. The summed E-state index contributed by atoms with van der Waals surface area (Å²) in [6.07, 6.45) is 2.18. The van der Waals surface area contributed by atoms with Crippen molar-refractivity contribution in [1.29, 1.82) is 0 Å². The fraction of sp³-hybridized carbons (Fsp3) is 0.583. The van der Waals surface area contributed by atoms with Crippen molar-refractivity contribution >= 4 is 5.65 Å². The van der Waals surface area contributed by atoms with Crippen LogP contribution >= 0.6 is 0 Å². The summed E-state index contributed by atoms with van der Waals surface area (Å²) >= 11 is 0. The molecule has 0 spiro atoms. The van der Waals surface area contributed by atoms with E-state index in [1.165, 1.54) is 0 Å². The number of rotatable bonds is 2. The summed E-state index contributed by atoms with van der Waals surface area (Å²) in [5, 5.41) is 16.6. The molecule has 0 amide bonds. The van der Waals surface area contributed by atoms with Gasteiger partial charge in [0.05, 0.1) is 5.69 Å². The van der Waals surface area contributed by atoms with E-state index in [0.717, 1.165) is 43.1 Å². The molecule has 5 heteroatoms. The van der Waals surface area contributed by atoms with Crippen molar-refractivity contribution in [3.63, 3.8) is 0 Å². The minimum absolute atomic E-state index is 0.0974. The topological polar surface area (TPSA) is 55.1 Å². The van der Waals surface area contributed by atoms with Gasteiger partial charge in [0.2, 0.25) is 0 Å². The molecule has 0 saturated carbocycles. The van der Waals surface area contributed by atoms with Gasteiger partial charge in [-0.3, -0.25) is 0 Å². The molecule has 3 heterocycles. The maximum atomic E-state index is 4.54. The molecule has 1 saturated heterocycles. The first-order valence-electron chi connectivity index (χ1n) is 6.15. The van der Waals surface area contributed by atoms with Crippen molar-refractivity contribution in [3.05, 3.63) is 23.7 Å². The SMILES string of the molecule is CCC1(c2nnc3ccc(C)nn23)CCNC1. The van der Waals surface area contributed by atoms with Gasteiger partial charge in [0, 0.05) is 12.0 Å². The summed E-state index contributed by atoms with van der Waals surface area (Å²) in [5.74, 6) is 1.00. The van der Waals surface area contributed by atoms with E-state index < -0.39 is 0 Å². The summed E-state index contributed by atoms with van der Waals surface area (Å²) < 4.78 is 1.91. The number of nitrogens with zero attached hydrogens (tertiary/aromatic N) is 4. The van der Waals surface area contributed by atoms with Crippen LogP contribution in [-0.2, 0) is 5.41 Å². The smallest absolute Gasteiger partial charge is 0.177 e. The highest BCUT2D eigenvalue weighted by molar-refractivity contribution is 5.37. The first-order valence-corrected chi connectivity index (χ1v) is 6.15. The average Bonchev–Trinajstić information content (AvgIpc) is 2.94. The second-order valence-corrected chi connectivity index (χ2v) is 4.83. The van der Waals surface area contributed by atoms with E-state index in [9.17, 15) is 0 Å². The zero-order valence-electron chi connectivity index (χ0n) is 10.3. The Morgan fingerprint density at radius 1 is 1.41 bits per heavy atom. The van der Waals surface area contributed by atoms with Crippen LogP contribution in [0.3, 0.4) is 0 Å². The monoisotopic (exact) mass is 231 g/mol. The zero-order valence-corrected chi connectivity index (χ0v) is 10.3. The third-order valence-corrected chi connectivity index (χ3v) is 3.79. The summed E-state index contributed by atoms with van der Waals surface area (Å²) in [5.41, 5.74) is 1.93. The lowest BCUT2D eigenvalue weighted by molar-refractivity contribution is 0.415. The van der Waals surface area contributed by atoms with Crippen LogP contribution in [-0.4, -0.2) is 32.9 Å². The van der Waals surface area contributed by atoms with Crippen LogP contribution in [0.2, 0.25) is 0 Å². The molecule has 0 radical (unpaired) electrons. The van der Waals surface area contributed by atoms with Gasteiger partial charge in [-0.2, -0.15) is 9.61 Å². The Kier molecular flexibility index (Phi) is 2.36. The van der Waals surface area contributed by atoms with E-state index in [0.29, 0.717) is 0 Å². The molecule has 0 bridgehead atoms. The fourth-order valence-corrected chi connectivity index (χ4v) is 2.61. The molecule has 1 atom stereocenters. The van der Waals surface area contributed by atoms with E-state index >= 15 is 0 Å². The highest BCUT2D eigenvalue weighted by Crippen LogP contribution is 2.32. The van der Waals surface area contributed by atoms with Crippen LogP contribution in [0.5, 0.6) is 0 Å². The number of nitrogens with one attached hydrogen (secondary N) is 1. The van der Waals surface area contributed by atoms with Gasteiger partial charge in [-0.25, -0.2) is 0 Å². The predicted molar refractivity (Wildman–Crippen MR) is 65.0 cm³/mol. The first-order chi connectivity index (χ1) is 8.25. The second kappa shape index (κ2) is 3.77. The number of fused-ring (bicyclic) bond motifs is 1. The molecule has 17 heavy (non-hydrogen) atoms. The molecule has 1 N–H and O–H groups in total. The zero-order chi connectivity index (χ0) is 11.9. The van der Waals surface area contributed by atoms with Crippen LogP contribution in [0.1, 0.15) is 31.3 Å². The third kappa shape index (κ3) is 1.53. The molecule has 5 nitrogen and oxygen atoms in total. The molecule has 1 unspecified atom stereocenters. The van der Waals surface area contributed by atoms with E-state index in [2.05, 4.69) is 27.5 Å². The molecule has 0 aromatic carbocycles. The van der Waals surface area contributed by atoms with Crippen LogP contribution < -0.4 is 5.32 Å². The molecular formula is C12H17N5. The van der Waals surface area contributed by atoms with Crippen molar-refractivity contribution in [2.24, 2.45) is 0 Å². The van der Waals surface area contributed by atoms with Gasteiger partial charge < -0.3 is 5.32 Å². The van der Waals surface area contributed by atoms with Crippen LogP contribution in [0.15, 0.2) is 12.1 Å². The van der Waals surface area contributed by atoms with Gasteiger partial charge in [-0.15, -0.1) is 10.2 Å². The Balaban J connectivity index is 2.19. The van der Waals surface area contributed by atoms with Gasteiger partial charge >= 0.3 is 0 Å². The van der Waals surface area contributed by atoms with Gasteiger partial charge in [-0.05, 0) is 38.4 Å². The van der Waals surface area contributed by atoms with Gasteiger partial charge in [0.1, 0.15) is 0 Å². The normalized spacial score (nSPS) is 24.6. The lowest BCUT2D eigenvalue weighted by Gasteiger charge is -2.23. The Bertz CT molecular complexity index is 539. The summed E-state index contributed by atoms with van der Waals surface area (Å²) in [6.45, 7) is 6.23. The maximum absolute atomic E-state index is 4.54. The summed E-state index contributed by atoms with van der Waals surface area (Å²) in [6, 6.07) is 3.95. The number of aromatic nitrogens is 4. The second-order valence-electron chi connectivity index (χ2n) is 4.83. The predicted octanol–water partition coefficient (Wildman–Crippen LogP) is 1.07. The van der Waals surface area contributed by atoms with Crippen molar-refractivity contribution in [1.82, 2.24) is 25.1 Å². The first kappa shape index (κ1) is 10.7. The van der Waals surface area contributed by atoms with Crippen molar-refractivity contribution < 1.29 is 0 Å². The molecule has 2 aromatic heterocycles. The number of aryl methyl sites for hydroxylation is 1.